The van der Waals surface area contributed by atoms with Crippen LogP contribution in [0.25, 0.3) is 0 Å². The van der Waals surface area contributed by atoms with Gasteiger partial charge >= 0.3 is 0 Å². The van der Waals surface area contributed by atoms with Crippen molar-refractivity contribution in [3.63, 3.8) is 0 Å². The third-order valence-electron chi connectivity index (χ3n) is 4.90. The van der Waals surface area contributed by atoms with Gasteiger partial charge in [0.25, 0.3) is 0 Å². The molecule has 2 heterocycles. The fraction of sp³-hybridized carbons (Fsp3) is 0.929. The van der Waals surface area contributed by atoms with Crippen LogP contribution in [0.1, 0.15) is 44.9 Å². The Bertz CT molecular complexity index is 324. The van der Waals surface area contributed by atoms with Gasteiger partial charge in [0.1, 0.15) is 0 Å². The zero-order valence-corrected chi connectivity index (χ0v) is 11.9. The van der Waals surface area contributed by atoms with Crippen LogP contribution in [0, 0.1) is 0 Å². The van der Waals surface area contributed by atoms with Crippen LogP contribution in [-0.4, -0.2) is 54.0 Å². The summed E-state index contributed by atoms with van der Waals surface area (Å²) in [5.74, 6) is 6.65. The van der Waals surface area contributed by atoms with Gasteiger partial charge in [-0.1, -0.05) is 19.3 Å². The largest absolute Gasteiger partial charge is 0.339 e. The molecule has 0 amide bonds. The normalized spacial score (nSPS) is 30.5. The smallest absolute Gasteiger partial charge is 0.208 e. The topological polar surface area (TPSA) is 56.9 Å². The van der Waals surface area contributed by atoms with E-state index in [1.54, 1.807) is 0 Å². The summed E-state index contributed by atoms with van der Waals surface area (Å²) in [4.78, 5) is 9.86. The van der Waals surface area contributed by atoms with Crippen LogP contribution in [0.5, 0.6) is 0 Å². The van der Waals surface area contributed by atoms with E-state index in [4.69, 9.17) is 10.8 Å². The number of fused-ring (bicyclic) bond motifs is 1. The Balaban J connectivity index is 1.62. The molecule has 5 heteroatoms. The van der Waals surface area contributed by atoms with Gasteiger partial charge in [0.15, 0.2) is 0 Å². The van der Waals surface area contributed by atoms with Gasteiger partial charge < -0.3 is 4.90 Å². The lowest BCUT2D eigenvalue weighted by atomic mass is 9.96. The van der Waals surface area contributed by atoms with Crippen LogP contribution < -0.4 is 11.3 Å². The molecule has 0 aromatic heterocycles. The van der Waals surface area contributed by atoms with Gasteiger partial charge in [-0.3, -0.25) is 10.3 Å². The third-order valence-corrected chi connectivity index (χ3v) is 4.90. The predicted molar refractivity (Wildman–Crippen MR) is 77.8 cm³/mol. The van der Waals surface area contributed by atoms with Gasteiger partial charge in [-0.15, -0.1) is 0 Å². The summed E-state index contributed by atoms with van der Waals surface area (Å²) >= 11 is 0. The fourth-order valence-corrected chi connectivity index (χ4v) is 3.78. The number of guanidine groups is 1. The molecular formula is C14H27N5. The van der Waals surface area contributed by atoms with Crippen molar-refractivity contribution in [1.82, 2.24) is 15.2 Å². The summed E-state index contributed by atoms with van der Waals surface area (Å²) in [6.07, 6.45) is 9.16. The lowest BCUT2D eigenvalue weighted by Gasteiger charge is -2.39. The molecule has 0 spiro atoms. The molecule has 0 aromatic carbocycles. The first-order chi connectivity index (χ1) is 9.36. The molecular weight excluding hydrogens is 238 g/mol. The van der Waals surface area contributed by atoms with E-state index in [1.165, 1.54) is 51.5 Å². The number of rotatable bonds is 1. The van der Waals surface area contributed by atoms with Crippen molar-refractivity contribution < 1.29 is 0 Å². The molecule has 1 atom stereocenters. The summed E-state index contributed by atoms with van der Waals surface area (Å²) in [6, 6.07) is 1.21. The Kier molecular flexibility index (Phi) is 4.23. The minimum atomic E-state index is 0.487. The highest BCUT2D eigenvalue weighted by atomic mass is 15.4. The summed E-state index contributed by atoms with van der Waals surface area (Å²) in [5.41, 5.74) is 2.86. The first-order valence-corrected chi connectivity index (χ1v) is 7.90. The second-order valence-corrected chi connectivity index (χ2v) is 6.17. The lowest BCUT2D eigenvalue weighted by Crippen LogP contribution is -2.56. The predicted octanol–water partition coefficient (Wildman–Crippen LogP) is 0.918. The SMILES string of the molecule is NNC(=NC1CCCCC1)N1CCN2CCCC2C1. The summed E-state index contributed by atoms with van der Waals surface area (Å²) in [5, 5.41) is 0. The van der Waals surface area contributed by atoms with Crippen LogP contribution in [0.15, 0.2) is 4.99 Å². The Morgan fingerprint density at radius 1 is 1.00 bits per heavy atom. The van der Waals surface area contributed by atoms with Gasteiger partial charge in [0.05, 0.1) is 6.04 Å². The van der Waals surface area contributed by atoms with E-state index in [-0.39, 0.29) is 0 Å². The molecule has 2 aliphatic heterocycles. The van der Waals surface area contributed by atoms with Crippen LogP contribution in [0.3, 0.4) is 0 Å². The van der Waals surface area contributed by atoms with E-state index in [9.17, 15) is 0 Å². The van der Waals surface area contributed by atoms with Crippen molar-refractivity contribution in [2.75, 3.05) is 26.2 Å². The molecule has 0 radical (unpaired) electrons. The summed E-state index contributed by atoms with van der Waals surface area (Å²) in [7, 11) is 0. The maximum absolute atomic E-state index is 5.72. The number of piperazine rings is 1. The number of nitrogens with zero attached hydrogens (tertiary/aromatic N) is 3. The first-order valence-electron chi connectivity index (χ1n) is 7.90. The average molecular weight is 265 g/mol. The van der Waals surface area contributed by atoms with Crippen molar-refractivity contribution >= 4 is 5.96 Å². The molecule has 1 aliphatic carbocycles. The van der Waals surface area contributed by atoms with Crippen LogP contribution in [-0.2, 0) is 0 Å². The highest BCUT2D eigenvalue weighted by Gasteiger charge is 2.31. The van der Waals surface area contributed by atoms with E-state index in [0.717, 1.165) is 31.6 Å². The van der Waals surface area contributed by atoms with Crippen LogP contribution >= 0.6 is 0 Å². The van der Waals surface area contributed by atoms with Gasteiger partial charge in [-0.2, -0.15) is 0 Å². The minimum absolute atomic E-state index is 0.487. The maximum atomic E-state index is 5.72. The molecule has 19 heavy (non-hydrogen) atoms. The van der Waals surface area contributed by atoms with E-state index in [2.05, 4.69) is 15.2 Å². The molecule has 1 saturated carbocycles. The Hall–Kier alpha value is -0.810. The molecule has 2 saturated heterocycles. The van der Waals surface area contributed by atoms with Crippen LogP contribution in [0.4, 0.5) is 0 Å². The summed E-state index contributed by atoms with van der Waals surface area (Å²) in [6.45, 7) is 4.60. The van der Waals surface area contributed by atoms with Gasteiger partial charge in [-0.05, 0) is 32.2 Å². The van der Waals surface area contributed by atoms with Crippen molar-refractivity contribution in [2.24, 2.45) is 10.8 Å². The molecule has 108 valence electrons. The fourth-order valence-electron chi connectivity index (χ4n) is 3.78. The Morgan fingerprint density at radius 3 is 2.63 bits per heavy atom. The molecule has 0 aromatic rings. The number of hydrogen-bond acceptors (Lipinski definition) is 3. The zero-order valence-electron chi connectivity index (χ0n) is 11.9. The van der Waals surface area contributed by atoms with Crippen molar-refractivity contribution in [3.05, 3.63) is 0 Å². The van der Waals surface area contributed by atoms with Crippen molar-refractivity contribution in [3.8, 4) is 0 Å². The number of aliphatic imine (C=N–C) groups is 1. The Labute approximate surface area is 116 Å². The van der Waals surface area contributed by atoms with Gasteiger partial charge in [0.2, 0.25) is 5.96 Å². The average Bonchev–Trinajstić information content (AvgIpc) is 2.93. The lowest BCUT2D eigenvalue weighted by molar-refractivity contribution is 0.148. The second kappa shape index (κ2) is 6.09. The van der Waals surface area contributed by atoms with E-state index >= 15 is 0 Å². The maximum Gasteiger partial charge on any atom is 0.208 e. The standard InChI is InChI=1S/C14H27N5/c15-17-14(16-12-5-2-1-3-6-12)19-10-9-18-8-4-7-13(18)11-19/h12-13H,1-11,15H2,(H,16,17). The number of nitrogens with two attached hydrogens (primary N) is 1. The molecule has 1 unspecified atom stereocenters. The van der Waals surface area contributed by atoms with Gasteiger partial charge in [0, 0.05) is 25.7 Å². The number of nitrogens with one attached hydrogen (secondary N) is 1. The summed E-state index contributed by atoms with van der Waals surface area (Å²) < 4.78 is 0. The molecule has 0 bridgehead atoms. The van der Waals surface area contributed by atoms with E-state index < -0.39 is 0 Å². The zero-order chi connectivity index (χ0) is 13.1. The molecule has 5 nitrogen and oxygen atoms in total. The number of hydrogen-bond donors (Lipinski definition) is 2. The van der Waals surface area contributed by atoms with Crippen LogP contribution in [0.2, 0.25) is 0 Å². The van der Waals surface area contributed by atoms with Gasteiger partial charge in [-0.25, -0.2) is 10.8 Å². The molecule has 3 N–H and O–H groups in total. The van der Waals surface area contributed by atoms with Crippen molar-refractivity contribution in [1.29, 1.82) is 0 Å². The van der Waals surface area contributed by atoms with E-state index in [1.807, 2.05) is 0 Å². The molecule has 3 aliphatic rings. The third kappa shape index (κ3) is 3.03. The molecule has 3 rings (SSSR count). The Morgan fingerprint density at radius 2 is 1.84 bits per heavy atom. The number of hydrazine groups is 1. The highest BCUT2D eigenvalue weighted by molar-refractivity contribution is 5.79. The quantitative estimate of drug-likeness (QED) is 0.320. The monoisotopic (exact) mass is 265 g/mol. The van der Waals surface area contributed by atoms with E-state index in [0.29, 0.717) is 6.04 Å². The second-order valence-electron chi connectivity index (χ2n) is 6.17. The first kappa shape index (κ1) is 13.2. The van der Waals surface area contributed by atoms with Crippen molar-refractivity contribution in [2.45, 2.75) is 57.0 Å². The minimum Gasteiger partial charge on any atom is -0.339 e. The highest BCUT2D eigenvalue weighted by Crippen LogP contribution is 2.23. The molecule has 3 fully saturated rings.